The maximum atomic E-state index is 12.1. The molecule has 0 atom stereocenters. The third-order valence-electron chi connectivity index (χ3n) is 7.89. The van der Waals surface area contributed by atoms with E-state index in [1.54, 1.807) is 18.2 Å². The number of nitrogens with one attached hydrogen (secondary N) is 1. The van der Waals surface area contributed by atoms with E-state index in [9.17, 15) is 4.79 Å². The number of imidazole rings is 1. The first kappa shape index (κ1) is 29.8. The van der Waals surface area contributed by atoms with Gasteiger partial charge in [0.15, 0.2) is 0 Å². The van der Waals surface area contributed by atoms with Gasteiger partial charge in [0.05, 0.1) is 48.5 Å². The van der Waals surface area contributed by atoms with Gasteiger partial charge in [0, 0.05) is 31.1 Å². The zero-order chi connectivity index (χ0) is 30.6. The van der Waals surface area contributed by atoms with Crippen molar-refractivity contribution in [3.63, 3.8) is 0 Å². The van der Waals surface area contributed by atoms with Gasteiger partial charge in [0.25, 0.3) is 6.01 Å². The van der Waals surface area contributed by atoms with Crippen LogP contribution in [0.5, 0.6) is 11.8 Å². The van der Waals surface area contributed by atoms with Gasteiger partial charge in [-0.25, -0.2) is 4.79 Å². The van der Waals surface area contributed by atoms with Gasteiger partial charge in [-0.2, -0.15) is 4.98 Å². The number of methoxy groups -OCH3 is 1. The minimum atomic E-state index is -0.421. The van der Waals surface area contributed by atoms with Crippen LogP contribution in [0.15, 0.2) is 78.9 Å². The molecule has 1 aromatic heterocycles. The Morgan fingerprint density at radius 3 is 2.41 bits per heavy atom. The Kier molecular flexibility index (Phi) is 8.95. The summed E-state index contributed by atoms with van der Waals surface area (Å²) in [5.41, 5.74) is 8.12. The van der Waals surface area contributed by atoms with Crippen LogP contribution in [-0.4, -0.2) is 66.0 Å². The highest BCUT2D eigenvalue weighted by molar-refractivity contribution is 6.34. The number of hydrogen-bond acceptors (Lipinski definition) is 7. The van der Waals surface area contributed by atoms with Crippen LogP contribution in [0.25, 0.3) is 33.3 Å². The van der Waals surface area contributed by atoms with Gasteiger partial charge in [-0.3, -0.25) is 4.90 Å². The molecule has 0 saturated carbocycles. The lowest BCUT2D eigenvalue weighted by atomic mass is 9.98. The second-order valence-corrected chi connectivity index (χ2v) is 11.5. The molecule has 0 aliphatic carbocycles. The molecule has 0 amide bonds. The summed E-state index contributed by atoms with van der Waals surface area (Å²) < 4.78 is 16.2. The number of benzene rings is 4. The lowest BCUT2D eigenvalue weighted by Crippen LogP contribution is -2.48. The predicted molar refractivity (Wildman–Crippen MR) is 171 cm³/mol. The van der Waals surface area contributed by atoms with Crippen LogP contribution >= 0.6 is 11.6 Å². The standard InChI is InChI=1S/C35H34ClN3O5/c1-22-3-12-28(15-29(22)34(41)42-2)44-35-37-32-16-30(31(36)17-33(32)38-35)27-10-8-26(9-11-27)25-6-4-23(5-7-25)18-39-19-24(20-39)21-43-14-13-40/h3-12,15-17,24,40H,13-14,18-21H2,1-2H3,(H,37,38). The van der Waals surface area contributed by atoms with Crippen LogP contribution in [0.4, 0.5) is 0 Å². The highest BCUT2D eigenvalue weighted by atomic mass is 35.5. The van der Waals surface area contributed by atoms with Gasteiger partial charge in [-0.1, -0.05) is 66.2 Å². The summed E-state index contributed by atoms with van der Waals surface area (Å²) in [5, 5.41) is 9.44. The Morgan fingerprint density at radius 2 is 1.70 bits per heavy atom. The number of halogens is 1. The number of H-pyrrole nitrogens is 1. The first-order valence-electron chi connectivity index (χ1n) is 14.6. The van der Waals surface area contributed by atoms with Crippen molar-refractivity contribution in [1.82, 2.24) is 14.9 Å². The van der Waals surface area contributed by atoms with Gasteiger partial charge in [-0.15, -0.1) is 0 Å². The molecule has 0 unspecified atom stereocenters. The van der Waals surface area contributed by atoms with Crippen molar-refractivity contribution in [2.75, 3.05) is 40.0 Å². The van der Waals surface area contributed by atoms with Crippen molar-refractivity contribution in [3.8, 4) is 34.0 Å². The fourth-order valence-electron chi connectivity index (χ4n) is 5.51. The average molecular weight is 612 g/mol. The minimum Gasteiger partial charge on any atom is -0.465 e. The topological polar surface area (TPSA) is 96.9 Å². The molecule has 1 fully saturated rings. The molecule has 0 spiro atoms. The molecule has 2 heterocycles. The smallest absolute Gasteiger partial charge is 0.338 e. The fraction of sp³-hybridized carbons (Fsp3) is 0.257. The molecular formula is C35H34ClN3O5. The number of carbonyl (C=O) groups excluding carboxylic acids is 1. The maximum absolute atomic E-state index is 12.1. The number of aryl methyl sites for hydroxylation is 1. The van der Waals surface area contributed by atoms with E-state index in [0.717, 1.165) is 59.6 Å². The molecule has 2 N–H and O–H groups in total. The molecule has 0 bridgehead atoms. The number of aromatic amines is 1. The van der Waals surface area contributed by atoms with E-state index in [4.69, 9.17) is 30.9 Å². The average Bonchev–Trinajstić information content (AvgIpc) is 3.41. The van der Waals surface area contributed by atoms with Crippen LogP contribution in [0.1, 0.15) is 21.5 Å². The molecule has 8 nitrogen and oxygen atoms in total. The van der Waals surface area contributed by atoms with E-state index in [2.05, 4.69) is 63.4 Å². The highest BCUT2D eigenvalue weighted by Gasteiger charge is 2.26. The highest BCUT2D eigenvalue weighted by Crippen LogP contribution is 2.34. The Hall–Kier alpha value is -4.21. The lowest BCUT2D eigenvalue weighted by molar-refractivity contribution is 0.000500. The quantitative estimate of drug-likeness (QED) is 0.124. The number of nitrogens with zero attached hydrogens (tertiary/aromatic N) is 2. The summed E-state index contributed by atoms with van der Waals surface area (Å²) in [4.78, 5) is 22.2. The van der Waals surface area contributed by atoms with Crippen LogP contribution in [0.2, 0.25) is 5.02 Å². The number of fused-ring (bicyclic) bond motifs is 1. The van der Waals surface area contributed by atoms with E-state index in [0.29, 0.717) is 40.4 Å². The monoisotopic (exact) mass is 611 g/mol. The van der Waals surface area contributed by atoms with Gasteiger partial charge in [-0.05, 0) is 59.0 Å². The molecule has 44 heavy (non-hydrogen) atoms. The van der Waals surface area contributed by atoms with E-state index in [1.807, 2.05) is 19.1 Å². The van der Waals surface area contributed by atoms with Gasteiger partial charge in [0.1, 0.15) is 5.75 Å². The Morgan fingerprint density at radius 1 is 1.00 bits per heavy atom. The normalized spacial score (nSPS) is 13.6. The van der Waals surface area contributed by atoms with Crippen LogP contribution in [0, 0.1) is 12.8 Å². The van der Waals surface area contributed by atoms with Crippen molar-refractivity contribution in [1.29, 1.82) is 0 Å². The molecule has 1 aliphatic rings. The number of likely N-dealkylation sites (tertiary alicyclic amines) is 1. The Bertz CT molecular complexity index is 1760. The van der Waals surface area contributed by atoms with Crippen LogP contribution < -0.4 is 4.74 Å². The first-order valence-corrected chi connectivity index (χ1v) is 14.9. The van der Waals surface area contributed by atoms with E-state index in [1.165, 1.54) is 12.7 Å². The van der Waals surface area contributed by atoms with Crippen molar-refractivity contribution in [2.24, 2.45) is 5.92 Å². The summed E-state index contributed by atoms with van der Waals surface area (Å²) in [6.45, 7) is 6.04. The molecule has 4 aromatic carbocycles. The molecular weight excluding hydrogens is 578 g/mol. The van der Waals surface area contributed by atoms with E-state index < -0.39 is 5.97 Å². The number of carbonyl (C=O) groups is 1. The molecule has 9 heteroatoms. The number of rotatable bonds is 11. The largest absolute Gasteiger partial charge is 0.465 e. The van der Waals surface area contributed by atoms with Crippen molar-refractivity contribution in [3.05, 3.63) is 101 Å². The zero-order valence-electron chi connectivity index (χ0n) is 24.7. The van der Waals surface area contributed by atoms with Crippen LogP contribution in [-0.2, 0) is 16.0 Å². The number of ether oxygens (including phenoxy) is 3. The van der Waals surface area contributed by atoms with Crippen molar-refractivity contribution < 1.29 is 24.1 Å². The first-order chi connectivity index (χ1) is 21.4. The molecule has 226 valence electrons. The Labute approximate surface area is 261 Å². The summed E-state index contributed by atoms with van der Waals surface area (Å²) >= 11 is 6.71. The molecule has 0 radical (unpaired) electrons. The maximum Gasteiger partial charge on any atom is 0.338 e. The zero-order valence-corrected chi connectivity index (χ0v) is 25.4. The molecule has 1 saturated heterocycles. The third kappa shape index (κ3) is 6.64. The number of aromatic nitrogens is 2. The van der Waals surface area contributed by atoms with Gasteiger partial charge < -0.3 is 24.3 Å². The van der Waals surface area contributed by atoms with E-state index in [-0.39, 0.29) is 6.61 Å². The third-order valence-corrected chi connectivity index (χ3v) is 8.20. The number of hydrogen-bond donors (Lipinski definition) is 2. The van der Waals surface area contributed by atoms with E-state index >= 15 is 0 Å². The summed E-state index contributed by atoms with van der Waals surface area (Å²) in [5.74, 6) is 0.605. The second kappa shape index (κ2) is 13.2. The second-order valence-electron chi connectivity index (χ2n) is 11.1. The van der Waals surface area contributed by atoms with Crippen LogP contribution in [0.3, 0.4) is 0 Å². The SMILES string of the molecule is COC(=O)c1cc(Oc2nc3cc(-c4ccc(-c5ccc(CN6CC(COCCO)C6)cc5)cc4)c(Cl)cc3[nH]2)ccc1C. The summed E-state index contributed by atoms with van der Waals surface area (Å²) in [6, 6.07) is 26.4. The molecule has 6 rings (SSSR count). The van der Waals surface area contributed by atoms with Crippen molar-refractivity contribution >= 4 is 28.6 Å². The molecule has 1 aliphatic heterocycles. The van der Waals surface area contributed by atoms with Gasteiger partial charge in [0.2, 0.25) is 0 Å². The number of aliphatic hydroxyl groups is 1. The molecule has 5 aromatic rings. The number of aliphatic hydroxyl groups excluding tert-OH is 1. The number of esters is 1. The van der Waals surface area contributed by atoms with Gasteiger partial charge >= 0.3 is 5.97 Å². The van der Waals surface area contributed by atoms with Crippen molar-refractivity contribution in [2.45, 2.75) is 13.5 Å². The lowest BCUT2D eigenvalue weighted by Gasteiger charge is -2.39. The summed E-state index contributed by atoms with van der Waals surface area (Å²) in [7, 11) is 1.35. The minimum absolute atomic E-state index is 0.0787. The summed E-state index contributed by atoms with van der Waals surface area (Å²) in [6.07, 6.45) is 0. The Balaban J connectivity index is 1.11. The fourth-order valence-corrected chi connectivity index (χ4v) is 5.78. The predicted octanol–water partition coefficient (Wildman–Crippen LogP) is 6.88.